The van der Waals surface area contributed by atoms with Gasteiger partial charge in [-0.05, 0) is 64.1 Å². The van der Waals surface area contributed by atoms with Gasteiger partial charge in [0.1, 0.15) is 18.1 Å². The lowest BCUT2D eigenvalue weighted by Gasteiger charge is -2.38. The first-order chi connectivity index (χ1) is 19.9. The zero-order valence-corrected chi connectivity index (χ0v) is 22.9. The largest absolute Gasteiger partial charge is 0.508 e. The van der Waals surface area contributed by atoms with Crippen molar-refractivity contribution in [1.29, 1.82) is 0 Å². The second-order valence-corrected chi connectivity index (χ2v) is 12.1. The molecule has 1 aromatic heterocycles. The molecule has 7 rings (SSSR count). The topological polar surface area (TPSA) is 77.0 Å². The van der Waals surface area contributed by atoms with E-state index in [9.17, 15) is 18.3 Å². The first kappa shape index (κ1) is 24.1. The van der Waals surface area contributed by atoms with E-state index in [2.05, 4.69) is 20.1 Å². The SMILES string of the molecule is [2H]C([2H])(Oc1nc2c(c(N3CC4CCC(C3)N4)n1)CCN(c1cc(O)cc(Cl)c1C(F)(F)F)C2)C12CCCN1CCC2. The fourth-order valence-electron chi connectivity index (χ4n) is 7.39. The Bertz CT molecular complexity index is 1380. The standard InChI is InChI=1S/C28H34ClF3N6O2/c29-21-11-19(39)12-23(24(21)28(30,31)32)36-10-5-20-22(15-36)34-26(40-16-27-6-1-8-38(27)9-2-7-27)35-25(20)37-13-17-3-4-18(14-37)33-17/h11-12,17-18,33,39H,1-10,13-16H2/i16D2. The molecule has 2 aromatic rings. The summed E-state index contributed by atoms with van der Waals surface area (Å²) in [5.74, 6) is 0.309. The molecule has 12 heteroatoms. The summed E-state index contributed by atoms with van der Waals surface area (Å²) in [6, 6.07) is 2.52. The molecule has 0 amide bonds. The van der Waals surface area contributed by atoms with Crippen molar-refractivity contribution in [3.8, 4) is 11.8 Å². The van der Waals surface area contributed by atoms with Gasteiger partial charge in [-0.3, -0.25) is 4.90 Å². The highest BCUT2D eigenvalue weighted by Crippen LogP contribution is 2.45. The molecular formula is C28H34ClF3N6O2. The van der Waals surface area contributed by atoms with Crippen molar-refractivity contribution < 1.29 is 25.8 Å². The Morgan fingerprint density at radius 2 is 1.82 bits per heavy atom. The van der Waals surface area contributed by atoms with Crippen LogP contribution in [0.25, 0.3) is 0 Å². The van der Waals surface area contributed by atoms with E-state index in [4.69, 9.17) is 24.1 Å². The number of hydrogen-bond donors (Lipinski definition) is 2. The maximum absolute atomic E-state index is 14.1. The van der Waals surface area contributed by atoms with E-state index in [1.807, 2.05) is 0 Å². The zero-order chi connectivity index (χ0) is 29.4. The molecule has 40 heavy (non-hydrogen) atoms. The number of anilines is 2. The van der Waals surface area contributed by atoms with Crippen LogP contribution in [0.2, 0.25) is 5.02 Å². The highest BCUT2D eigenvalue weighted by molar-refractivity contribution is 6.32. The maximum Gasteiger partial charge on any atom is 0.419 e. The fourth-order valence-corrected chi connectivity index (χ4v) is 7.71. The number of aromatic nitrogens is 2. The van der Waals surface area contributed by atoms with Crippen LogP contribution < -0.4 is 19.9 Å². The molecule has 2 unspecified atom stereocenters. The number of nitrogens with zero attached hydrogens (tertiary/aromatic N) is 5. The van der Waals surface area contributed by atoms with Crippen LogP contribution in [-0.2, 0) is 19.1 Å². The van der Waals surface area contributed by atoms with Crippen molar-refractivity contribution in [2.75, 3.05) is 49.1 Å². The van der Waals surface area contributed by atoms with Crippen LogP contribution in [0.1, 0.15) is 58.1 Å². The van der Waals surface area contributed by atoms with E-state index in [-0.39, 0.29) is 30.5 Å². The first-order valence-electron chi connectivity index (χ1n) is 15.1. The number of benzene rings is 1. The van der Waals surface area contributed by atoms with Gasteiger partial charge < -0.3 is 25.0 Å². The second-order valence-electron chi connectivity index (χ2n) is 11.7. The predicted octanol–water partition coefficient (Wildman–Crippen LogP) is 4.36. The van der Waals surface area contributed by atoms with Crippen molar-refractivity contribution in [2.24, 2.45) is 0 Å². The molecule has 5 aliphatic rings. The first-order valence-corrected chi connectivity index (χ1v) is 14.5. The third-order valence-electron chi connectivity index (χ3n) is 9.19. The van der Waals surface area contributed by atoms with Gasteiger partial charge in [-0.15, -0.1) is 0 Å². The minimum Gasteiger partial charge on any atom is -0.508 e. The van der Waals surface area contributed by atoms with Crippen LogP contribution in [-0.4, -0.2) is 76.9 Å². The number of phenols is 1. The summed E-state index contributed by atoms with van der Waals surface area (Å²) < 4.78 is 66.4. The maximum atomic E-state index is 14.1. The van der Waals surface area contributed by atoms with E-state index < -0.39 is 28.9 Å². The van der Waals surface area contributed by atoms with Gasteiger partial charge in [0.25, 0.3) is 0 Å². The summed E-state index contributed by atoms with van der Waals surface area (Å²) in [5.41, 5.74) is -0.646. The van der Waals surface area contributed by atoms with Gasteiger partial charge >= 0.3 is 12.2 Å². The number of phenolic OH excluding ortho intramolecular Hbond substituents is 1. The van der Waals surface area contributed by atoms with Gasteiger partial charge in [-0.25, -0.2) is 0 Å². The summed E-state index contributed by atoms with van der Waals surface area (Å²) in [4.78, 5) is 15.3. The number of rotatable bonds is 5. The zero-order valence-electron chi connectivity index (χ0n) is 24.1. The Hall–Kier alpha value is -2.50. The van der Waals surface area contributed by atoms with E-state index in [0.29, 0.717) is 42.9 Å². The molecule has 2 N–H and O–H groups in total. The van der Waals surface area contributed by atoms with Crippen LogP contribution in [0.5, 0.6) is 11.8 Å². The van der Waals surface area contributed by atoms with Crippen LogP contribution in [0.15, 0.2) is 12.1 Å². The summed E-state index contributed by atoms with van der Waals surface area (Å²) in [5, 5.41) is 13.2. The summed E-state index contributed by atoms with van der Waals surface area (Å²) >= 11 is 5.99. The van der Waals surface area contributed by atoms with Gasteiger partial charge in [-0.2, -0.15) is 23.1 Å². The molecule has 0 aliphatic carbocycles. The normalized spacial score (nSPS) is 26.9. The number of ether oxygens (including phenoxy) is 1. The van der Waals surface area contributed by atoms with Gasteiger partial charge in [0.15, 0.2) is 0 Å². The Kier molecular flexibility index (Phi) is 5.91. The predicted molar refractivity (Wildman–Crippen MR) is 145 cm³/mol. The number of hydrogen-bond acceptors (Lipinski definition) is 8. The third kappa shape index (κ3) is 4.63. The molecule has 4 fully saturated rings. The molecule has 216 valence electrons. The number of alkyl halides is 3. The lowest BCUT2D eigenvalue weighted by Crippen LogP contribution is -2.52. The molecule has 2 atom stereocenters. The van der Waals surface area contributed by atoms with Gasteiger partial charge in [0.05, 0.1) is 36.8 Å². The molecule has 5 aliphatic heterocycles. The summed E-state index contributed by atoms with van der Waals surface area (Å²) in [6.07, 6.45) is 0.929. The van der Waals surface area contributed by atoms with E-state index in [0.717, 1.165) is 69.6 Å². The van der Waals surface area contributed by atoms with Gasteiger partial charge in [0.2, 0.25) is 0 Å². The minimum atomic E-state index is -4.73. The molecule has 0 radical (unpaired) electrons. The minimum absolute atomic E-state index is 0.00326. The average molecular weight is 581 g/mol. The molecule has 8 nitrogen and oxygen atoms in total. The van der Waals surface area contributed by atoms with Crippen LogP contribution in [0, 0.1) is 0 Å². The number of halogens is 4. The highest BCUT2D eigenvalue weighted by atomic mass is 35.5. The van der Waals surface area contributed by atoms with Gasteiger partial charge in [0, 0.05) is 43.3 Å². The third-order valence-corrected chi connectivity index (χ3v) is 9.49. The van der Waals surface area contributed by atoms with Crippen molar-refractivity contribution in [3.05, 3.63) is 34.0 Å². The Morgan fingerprint density at radius 1 is 1.10 bits per heavy atom. The van der Waals surface area contributed by atoms with E-state index in [1.54, 1.807) is 0 Å². The number of piperazine rings is 1. The van der Waals surface area contributed by atoms with E-state index >= 15 is 0 Å². The van der Waals surface area contributed by atoms with Crippen molar-refractivity contribution in [3.63, 3.8) is 0 Å². The Balaban J connectivity index is 1.28. The van der Waals surface area contributed by atoms with Crippen LogP contribution in [0.4, 0.5) is 24.7 Å². The van der Waals surface area contributed by atoms with Gasteiger partial charge in [-0.1, -0.05) is 11.6 Å². The molecule has 0 spiro atoms. The summed E-state index contributed by atoms with van der Waals surface area (Å²) in [6.45, 7) is 1.30. The highest BCUT2D eigenvalue weighted by Gasteiger charge is 2.45. The molecule has 2 bridgehead atoms. The van der Waals surface area contributed by atoms with E-state index in [1.165, 1.54) is 4.90 Å². The molecule has 0 saturated carbocycles. The average Bonchev–Trinajstić information content (AvgIpc) is 3.61. The smallest absolute Gasteiger partial charge is 0.419 e. The van der Waals surface area contributed by atoms with Crippen LogP contribution >= 0.6 is 11.6 Å². The van der Waals surface area contributed by atoms with Crippen LogP contribution in [0.3, 0.4) is 0 Å². The summed E-state index contributed by atoms with van der Waals surface area (Å²) in [7, 11) is 0. The molecule has 1 aromatic carbocycles. The van der Waals surface area contributed by atoms with Crippen molar-refractivity contribution >= 4 is 23.1 Å². The monoisotopic (exact) mass is 580 g/mol. The number of fused-ring (bicyclic) bond motifs is 4. The molecular weight excluding hydrogens is 545 g/mol. The lowest BCUT2D eigenvalue weighted by atomic mass is 9.95. The molecule has 4 saturated heterocycles. The quantitative estimate of drug-likeness (QED) is 0.540. The Morgan fingerprint density at radius 3 is 2.52 bits per heavy atom. The van der Waals surface area contributed by atoms with Crippen molar-refractivity contribution in [1.82, 2.24) is 20.2 Å². The number of nitrogens with one attached hydrogen (secondary N) is 1. The van der Waals surface area contributed by atoms with Crippen molar-refractivity contribution in [2.45, 2.75) is 75.3 Å². The second kappa shape index (κ2) is 9.80. The lowest BCUT2D eigenvalue weighted by molar-refractivity contribution is -0.137. The fraction of sp³-hybridized carbons (Fsp3) is 0.643. The molecule has 6 heterocycles. The number of aromatic hydroxyl groups is 1. The Labute approximate surface area is 239 Å².